The fourth-order valence-corrected chi connectivity index (χ4v) is 2.81. The van der Waals surface area contributed by atoms with E-state index in [4.69, 9.17) is 9.47 Å². The van der Waals surface area contributed by atoms with E-state index in [0.29, 0.717) is 22.6 Å². The number of rotatable bonds is 5. The van der Waals surface area contributed by atoms with Gasteiger partial charge in [0.15, 0.2) is 0 Å². The molecule has 0 aliphatic heterocycles. The van der Waals surface area contributed by atoms with Crippen LogP contribution in [0, 0.1) is 24.0 Å². The summed E-state index contributed by atoms with van der Waals surface area (Å²) in [4.78, 5) is 34.6. The molecule has 0 aliphatic carbocycles. The van der Waals surface area contributed by atoms with Crippen molar-refractivity contribution in [2.24, 2.45) is 0 Å². The molecule has 0 spiro atoms. The van der Waals surface area contributed by atoms with Crippen LogP contribution in [-0.2, 0) is 4.74 Å². The van der Waals surface area contributed by atoms with Gasteiger partial charge in [-0.05, 0) is 63.9 Å². The third-order valence-corrected chi connectivity index (χ3v) is 4.16. The molecule has 0 unspecified atom stereocenters. The Morgan fingerprint density at radius 3 is 2.16 bits per heavy atom. The number of amides is 2. The third-order valence-electron chi connectivity index (χ3n) is 4.16. The Balaban J connectivity index is 2.31. The zero-order valence-corrected chi connectivity index (χ0v) is 18.2. The van der Waals surface area contributed by atoms with Crippen LogP contribution in [-0.4, -0.2) is 34.9 Å². The van der Waals surface area contributed by atoms with Crippen LogP contribution in [0.15, 0.2) is 30.3 Å². The van der Waals surface area contributed by atoms with E-state index < -0.39 is 22.7 Å². The molecular formula is C21H25N3O7. The Bertz CT molecular complexity index is 1010. The van der Waals surface area contributed by atoms with Gasteiger partial charge in [0.05, 0.1) is 10.6 Å². The number of carbonyl (C=O) groups is 2. The van der Waals surface area contributed by atoms with E-state index in [1.165, 1.54) is 25.2 Å². The van der Waals surface area contributed by atoms with Crippen LogP contribution >= 0.6 is 0 Å². The SMILES string of the molecule is Cc1cc(Oc2ccc([N+](=O)[O-])c(N(C)C(=O)O)c2)cc(C)c1NC(=O)OC(C)(C)C. The molecule has 0 fully saturated rings. The van der Waals surface area contributed by atoms with Crippen LogP contribution in [0.1, 0.15) is 31.9 Å². The van der Waals surface area contributed by atoms with Gasteiger partial charge in [-0.2, -0.15) is 0 Å². The Hall–Kier alpha value is -3.82. The number of nitrogens with zero attached hydrogens (tertiary/aromatic N) is 2. The number of hydrogen-bond acceptors (Lipinski definition) is 6. The minimum atomic E-state index is -1.34. The van der Waals surface area contributed by atoms with Crippen LogP contribution in [0.25, 0.3) is 0 Å². The van der Waals surface area contributed by atoms with Crippen molar-refractivity contribution in [3.63, 3.8) is 0 Å². The smallest absolute Gasteiger partial charge is 0.412 e. The highest BCUT2D eigenvalue weighted by Gasteiger charge is 2.22. The number of nitro groups is 1. The van der Waals surface area contributed by atoms with E-state index >= 15 is 0 Å². The van der Waals surface area contributed by atoms with Gasteiger partial charge in [-0.25, -0.2) is 9.59 Å². The van der Waals surface area contributed by atoms with E-state index in [1.807, 2.05) is 0 Å². The van der Waals surface area contributed by atoms with Gasteiger partial charge >= 0.3 is 12.2 Å². The molecule has 2 rings (SSSR count). The lowest BCUT2D eigenvalue weighted by Crippen LogP contribution is -2.27. The molecule has 2 amide bonds. The minimum Gasteiger partial charge on any atom is -0.465 e. The first kappa shape index (κ1) is 23.5. The van der Waals surface area contributed by atoms with E-state index in [0.717, 1.165) is 4.90 Å². The maximum Gasteiger partial charge on any atom is 0.412 e. The van der Waals surface area contributed by atoms with Gasteiger partial charge in [-0.1, -0.05) is 0 Å². The molecule has 0 aromatic heterocycles. The third kappa shape index (κ3) is 6.08. The monoisotopic (exact) mass is 431 g/mol. The fraction of sp³-hybridized carbons (Fsp3) is 0.333. The first-order valence-corrected chi connectivity index (χ1v) is 9.32. The second kappa shape index (κ2) is 8.90. The number of carbonyl (C=O) groups excluding carboxylic acids is 1. The quantitative estimate of drug-likeness (QED) is 0.474. The molecule has 10 heteroatoms. The molecule has 2 aromatic rings. The van der Waals surface area contributed by atoms with Crippen LogP contribution in [0.4, 0.5) is 26.7 Å². The minimum absolute atomic E-state index is 0.119. The van der Waals surface area contributed by atoms with Crippen LogP contribution in [0.3, 0.4) is 0 Å². The average molecular weight is 431 g/mol. The van der Waals surface area contributed by atoms with E-state index in [-0.39, 0.29) is 17.1 Å². The van der Waals surface area contributed by atoms with Crippen LogP contribution < -0.4 is 15.0 Å². The summed E-state index contributed by atoms with van der Waals surface area (Å²) >= 11 is 0. The topological polar surface area (TPSA) is 131 Å². The van der Waals surface area contributed by atoms with Crippen molar-refractivity contribution in [3.05, 3.63) is 51.6 Å². The second-order valence-corrected chi connectivity index (χ2v) is 7.91. The molecule has 0 heterocycles. The summed E-state index contributed by atoms with van der Waals surface area (Å²) in [6, 6.07) is 7.21. The number of hydrogen-bond donors (Lipinski definition) is 2. The lowest BCUT2D eigenvalue weighted by Gasteiger charge is -2.21. The van der Waals surface area contributed by atoms with Crippen molar-refractivity contribution in [2.45, 2.75) is 40.2 Å². The van der Waals surface area contributed by atoms with Crippen molar-refractivity contribution >= 4 is 29.2 Å². The first-order valence-electron chi connectivity index (χ1n) is 9.32. The van der Waals surface area contributed by atoms with Gasteiger partial charge in [0.1, 0.15) is 22.8 Å². The van der Waals surface area contributed by atoms with Crippen LogP contribution in [0.5, 0.6) is 11.5 Å². The van der Waals surface area contributed by atoms with Gasteiger partial charge in [-0.3, -0.25) is 20.3 Å². The standard InChI is InChI=1S/C21H25N3O7/c1-12-9-15(10-13(2)18(12)22-19(25)31-21(3,4)5)30-14-7-8-16(24(28)29)17(11-14)23(6)20(26)27/h7-11H,1-6H3,(H,22,25)(H,26,27). The van der Waals surface area contributed by atoms with Crippen LogP contribution in [0.2, 0.25) is 0 Å². The highest BCUT2D eigenvalue weighted by molar-refractivity contribution is 5.89. The lowest BCUT2D eigenvalue weighted by molar-refractivity contribution is -0.384. The predicted molar refractivity (Wildman–Crippen MR) is 115 cm³/mol. The Kier molecular flexibility index (Phi) is 6.74. The maximum atomic E-state index is 12.1. The van der Waals surface area contributed by atoms with Gasteiger partial charge in [-0.15, -0.1) is 0 Å². The first-order chi connectivity index (χ1) is 14.3. The summed E-state index contributed by atoms with van der Waals surface area (Å²) in [6.07, 6.45) is -1.92. The molecule has 0 aliphatic rings. The number of anilines is 2. The lowest BCUT2D eigenvalue weighted by atomic mass is 10.1. The summed E-state index contributed by atoms with van der Waals surface area (Å²) in [7, 11) is 1.21. The Labute approximate surface area is 179 Å². The average Bonchev–Trinajstić information content (AvgIpc) is 2.62. The summed E-state index contributed by atoms with van der Waals surface area (Å²) < 4.78 is 11.1. The van der Waals surface area contributed by atoms with Crippen molar-refractivity contribution in [3.8, 4) is 11.5 Å². The molecule has 0 saturated heterocycles. The number of benzene rings is 2. The molecule has 0 saturated carbocycles. The second-order valence-electron chi connectivity index (χ2n) is 7.91. The zero-order chi connectivity index (χ0) is 23.5. The number of nitro benzene ring substituents is 1. The fourth-order valence-electron chi connectivity index (χ4n) is 2.81. The molecule has 166 valence electrons. The molecule has 10 nitrogen and oxygen atoms in total. The highest BCUT2D eigenvalue weighted by atomic mass is 16.6. The molecule has 0 radical (unpaired) electrons. The normalized spacial score (nSPS) is 10.9. The number of ether oxygens (including phenoxy) is 2. The van der Waals surface area contributed by atoms with Gasteiger partial charge < -0.3 is 14.6 Å². The van der Waals surface area contributed by atoms with Crippen molar-refractivity contribution < 1.29 is 29.1 Å². The number of nitrogens with one attached hydrogen (secondary N) is 1. The molecular weight excluding hydrogens is 406 g/mol. The van der Waals surface area contributed by atoms with E-state index in [1.54, 1.807) is 46.8 Å². The molecule has 0 atom stereocenters. The summed E-state index contributed by atoms with van der Waals surface area (Å²) in [5.41, 5.74) is 0.896. The number of aryl methyl sites for hydroxylation is 2. The number of carboxylic acid groups (broad SMARTS) is 1. The van der Waals surface area contributed by atoms with Crippen molar-refractivity contribution in [1.82, 2.24) is 0 Å². The summed E-state index contributed by atoms with van der Waals surface area (Å²) in [5, 5.41) is 23.1. The molecule has 2 aromatic carbocycles. The Morgan fingerprint density at radius 2 is 1.68 bits per heavy atom. The van der Waals surface area contributed by atoms with Gasteiger partial charge in [0.25, 0.3) is 5.69 Å². The highest BCUT2D eigenvalue weighted by Crippen LogP contribution is 2.35. The maximum absolute atomic E-state index is 12.1. The van der Waals surface area contributed by atoms with E-state index in [2.05, 4.69) is 5.32 Å². The molecule has 2 N–H and O–H groups in total. The van der Waals surface area contributed by atoms with Gasteiger partial charge in [0.2, 0.25) is 0 Å². The van der Waals surface area contributed by atoms with Crippen molar-refractivity contribution in [1.29, 1.82) is 0 Å². The molecule has 0 bridgehead atoms. The van der Waals surface area contributed by atoms with E-state index in [9.17, 15) is 24.8 Å². The Morgan fingerprint density at radius 1 is 1.10 bits per heavy atom. The molecule has 31 heavy (non-hydrogen) atoms. The summed E-state index contributed by atoms with van der Waals surface area (Å²) in [5.74, 6) is 0.642. The van der Waals surface area contributed by atoms with Crippen molar-refractivity contribution in [2.75, 3.05) is 17.3 Å². The predicted octanol–water partition coefficient (Wildman–Crippen LogP) is 5.47. The van der Waals surface area contributed by atoms with Gasteiger partial charge in [0, 0.05) is 19.2 Å². The largest absolute Gasteiger partial charge is 0.465 e. The summed E-state index contributed by atoms with van der Waals surface area (Å²) in [6.45, 7) is 8.87. The zero-order valence-electron chi connectivity index (χ0n) is 18.2.